The maximum Gasteiger partial charge on any atom is 0.0688 e. The van der Waals surface area contributed by atoms with Crippen molar-refractivity contribution in [3.8, 4) is 12.3 Å². The zero-order valence-electron chi connectivity index (χ0n) is 8.19. The van der Waals surface area contributed by atoms with Gasteiger partial charge in [-0.1, -0.05) is 25.7 Å². The van der Waals surface area contributed by atoms with Gasteiger partial charge in [0.15, 0.2) is 0 Å². The first-order valence-electron chi connectivity index (χ1n) is 4.94. The highest BCUT2D eigenvalue weighted by molar-refractivity contribution is 5.02. The molecule has 0 spiro atoms. The summed E-state index contributed by atoms with van der Waals surface area (Å²) in [5.41, 5.74) is 0.326. The molecule has 1 aliphatic rings. The van der Waals surface area contributed by atoms with E-state index in [2.05, 4.69) is 25.1 Å². The Labute approximate surface area is 75.9 Å². The van der Waals surface area contributed by atoms with Crippen molar-refractivity contribution in [1.82, 2.24) is 5.32 Å². The molecule has 1 nitrogen and oxygen atoms in total. The van der Waals surface area contributed by atoms with Crippen LogP contribution in [0.2, 0.25) is 0 Å². The second-order valence-electron chi connectivity index (χ2n) is 4.04. The average molecular weight is 165 g/mol. The van der Waals surface area contributed by atoms with Gasteiger partial charge in [-0.25, -0.2) is 0 Å². The van der Waals surface area contributed by atoms with Crippen LogP contribution in [0.3, 0.4) is 0 Å². The van der Waals surface area contributed by atoms with Crippen molar-refractivity contribution in [2.45, 2.75) is 57.5 Å². The molecule has 0 aromatic rings. The summed E-state index contributed by atoms with van der Waals surface area (Å²) in [6.45, 7) is 4.43. The molecule has 0 aromatic heterocycles. The molecule has 0 amide bonds. The van der Waals surface area contributed by atoms with Gasteiger partial charge in [-0.05, 0) is 26.2 Å². The minimum atomic E-state index is 0.271. The molecule has 12 heavy (non-hydrogen) atoms. The predicted octanol–water partition coefficient (Wildman–Crippen LogP) is 2.32. The molecule has 0 aliphatic heterocycles. The zero-order chi connectivity index (χ0) is 9.03. The van der Waals surface area contributed by atoms with Crippen molar-refractivity contribution in [1.29, 1.82) is 0 Å². The molecular formula is C11H19N. The lowest BCUT2D eigenvalue weighted by Gasteiger charge is -2.28. The SMILES string of the molecule is C#CC(CC)NC1(C)CCCC1. The molecule has 68 valence electrons. The quantitative estimate of drug-likeness (QED) is 0.633. The molecule has 0 radical (unpaired) electrons. The highest BCUT2D eigenvalue weighted by Gasteiger charge is 2.29. The van der Waals surface area contributed by atoms with E-state index >= 15 is 0 Å². The molecular weight excluding hydrogens is 146 g/mol. The lowest BCUT2D eigenvalue weighted by Crippen LogP contribution is -2.45. The van der Waals surface area contributed by atoms with Crippen molar-refractivity contribution >= 4 is 0 Å². The third kappa shape index (κ3) is 2.25. The Morgan fingerprint density at radius 3 is 2.50 bits per heavy atom. The molecule has 0 bridgehead atoms. The Morgan fingerprint density at radius 2 is 2.08 bits per heavy atom. The van der Waals surface area contributed by atoms with Crippen LogP contribution in [0.4, 0.5) is 0 Å². The number of rotatable bonds is 3. The van der Waals surface area contributed by atoms with E-state index in [4.69, 9.17) is 6.42 Å². The van der Waals surface area contributed by atoms with Crippen LogP contribution < -0.4 is 5.32 Å². The number of hydrogen-bond donors (Lipinski definition) is 1. The molecule has 1 rings (SSSR count). The molecule has 1 heteroatoms. The van der Waals surface area contributed by atoms with E-state index < -0.39 is 0 Å². The van der Waals surface area contributed by atoms with Gasteiger partial charge in [-0.2, -0.15) is 0 Å². The van der Waals surface area contributed by atoms with E-state index in [-0.39, 0.29) is 6.04 Å². The van der Waals surface area contributed by atoms with Gasteiger partial charge in [0.05, 0.1) is 6.04 Å². The van der Waals surface area contributed by atoms with E-state index in [0.717, 1.165) is 6.42 Å². The summed E-state index contributed by atoms with van der Waals surface area (Å²) < 4.78 is 0. The highest BCUT2D eigenvalue weighted by Crippen LogP contribution is 2.29. The second-order valence-corrected chi connectivity index (χ2v) is 4.04. The maximum atomic E-state index is 5.41. The zero-order valence-corrected chi connectivity index (χ0v) is 8.19. The van der Waals surface area contributed by atoms with Crippen LogP contribution >= 0.6 is 0 Å². The van der Waals surface area contributed by atoms with Crippen LogP contribution in [0.15, 0.2) is 0 Å². The second kappa shape index (κ2) is 3.96. The van der Waals surface area contributed by atoms with Crippen molar-refractivity contribution in [3.05, 3.63) is 0 Å². The van der Waals surface area contributed by atoms with Gasteiger partial charge < -0.3 is 0 Å². The van der Waals surface area contributed by atoms with E-state index in [1.807, 2.05) is 0 Å². The molecule has 0 aromatic carbocycles. The van der Waals surface area contributed by atoms with Crippen LogP contribution in [-0.2, 0) is 0 Å². The fourth-order valence-electron chi connectivity index (χ4n) is 1.98. The summed E-state index contributed by atoms with van der Waals surface area (Å²) in [5.74, 6) is 2.79. The fraction of sp³-hybridized carbons (Fsp3) is 0.818. The first kappa shape index (κ1) is 9.61. The summed E-state index contributed by atoms with van der Waals surface area (Å²) in [5, 5.41) is 3.56. The lowest BCUT2D eigenvalue weighted by molar-refractivity contribution is 0.339. The predicted molar refractivity (Wildman–Crippen MR) is 52.9 cm³/mol. The van der Waals surface area contributed by atoms with E-state index in [9.17, 15) is 0 Å². The molecule has 0 heterocycles. The molecule has 1 saturated carbocycles. The third-order valence-electron chi connectivity index (χ3n) is 2.84. The van der Waals surface area contributed by atoms with Crippen LogP contribution in [-0.4, -0.2) is 11.6 Å². The molecule has 1 fully saturated rings. The van der Waals surface area contributed by atoms with Gasteiger partial charge in [0.2, 0.25) is 0 Å². The number of terminal acetylenes is 1. The minimum Gasteiger partial charge on any atom is -0.298 e. The van der Waals surface area contributed by atoms with Crippen LogP contribution in [0.5, 0.6) is 0 Å². The van der Waals surface area contributed by atoms with E-state index in [1.165, 1.54) is 25.7 Å². The van der Waals surface area contributed by atoms with Gasteiger partial charge in [0, 0.05) is 5.54 Å². The van der Waals surface area contributed by atoms with Crippen molar-refractivity contribution in [2.75, 3.05) is 0 Å². The number of hydrogen-bond acceptors (Lipinski definition) is 1. The Kier molecular flexibility index (Phi) is 3.17. The third-order valence-corrected chi connectivity index (χ3v) is 2.84. The summed E-state index contributed by atoms with van der Waals surface area (Å²) in [6.07, 6.45) is 11.7. The largest absolute Gasteiger partial charge is 0.298 e. The normalized spacial score (nSPS) is 23.4. The first-order valence-corrected chi connectivity index (χ1v) is 4.94. The molecule has 1 N–H and O–H groups in total. The maximum absolute atomic E-state index is 5.41. The van der Waals surface area contributed by atoms with Crippen LogP contribution in [0.1, 0.15) is 46.0 Å². The standard InChI is InChI=1S/C11H19N/c1-4-10(5-2)12-11(3)8-6-7-9-11/h1,10,12H,5-9H2,2-3H3. The van der Waals surface area contributed by atoms with Crippen molar-refractivity contribution in [2.24, 2.45) is 0 Å². The Balaban J connectivity index is 2.43. The summed E-state index contributed by atoms with van der Waals surface area (Å²) in [6, 6.07) is 0.271. The summed E-state index contributed by atoms with van der Waals surface area (Å²) >= 11 is 0. The monoisotopic (exact) mass is 165 g/mol. The lowest BCUT2D eigenvalue weighted by atomic mass is 9.99. The van der Waals surface area contributed by atoms with E-state index in [0.29, 0.717) is 5.54 Å². The highest BCUT2D eigenvalue weighted by atomic mass is 15.0. The van der Waals surface area contributed by atoms with Crippen molar-refractivity contribution in [3.63, 3.8) is 0 Å². The van der Waals surface area contributed by atoms with Crippen LogP contribution in [0.25, 0.3) is 0 Å². The van der Waals surface area contributed by atoms with Gasteiger partial charge in [0.25, 0.3) is 0 Å². The van der Waals surface area contributed by atoms with E-state index in [1.54, 1.807) is 0 Å². The first-order chi connectivity index (χ1) is 5.70. The van der Waals surface area contributed by atoms with Gasteiger partial charge in [-0.3, -0.25) is 5.32 Å². The van der Waals surface area contributed by atoms with Crippen LogP contribution in [0, 0.1) is 12.3 Å². The Morgan fingerprint density at radius 1 is 1.50 bits per heavy atom. The Hall–Kier alpha value is -0.480. The molecule has 1 unspecified atom stereocenters. The topological polar surface area (TPSA) is 12.0 Å². The average Bonchev–Trinajstić information content (AvgIpc) is 2.48. The van der Waals surface area contributed by atoms with Gasteiger partial charge >= 0.3 is 0 Å². The molecule has 1 aliphatic carbocycles. The Bertz CT molecular complexity index is 172. The fourth-order valence-corrected chi connectivity index (χ4v) is 1.98. The number of nitrogens with one attached hydrogen (secondary N) is 1. The van der Waals surface area contributed by atoms with Crippen molar-refractivity contribution < 1.29 is 0 Å². The summed E-state index contributed by atoms with van der Waals surface area (Å²) in [7, 11) is 0. The summed E-state index contributed by atoms with van der Waals surface area (Å²) in [4.78, 5) is 0. The minimum absolute atomic E-state index is 0.271. The van der Waals surface area contributed by atoms with Gasteiger partial charge in [0.1, 0.15) is 0 Å². The smallest absolute Gasteiger partial charge is 0.0688 e. The molecule has 0 saturated heterocycles. The molecule has 1 atom stereocenters. The van der Waals surface area contributed by atoms with Gasteiger partial charge in [-0.15, -0.1) is 6.42 Å².